The lowest BCUT2D eigenvalue weighted by molar-refractivity contribution is 0.0221. The minimum absolute atomic E-state index is 0.130. The molecule has 0 radical (unpaired) electrons. The van der Waals surface area contributed by atoms with E-state index in [1.807, 2.05) is 45.9 Å². The van der Waals surface area contributed by atoms with Gasteiger partial charge in [0.2, 0.25) is 0 Å². The van der Waals surface area contributed by atoms with Gasteiger partial charge in [0, 0.05) is 17.6 Å². The van der Waals surface area contributed by atoms with Crippen LogP contribution in [0, 0.1) is 6.92 Å². The predicted octanol–water partition coefficient (Wildman–Crippen LogP) is 2.69. The molecule has 0 saturated heterocycles. The number of carbonyl (C=O) groups excluding carboxylic acids is 1. The van der Waals surface area contributed by atoms with Crippen LogP contribution in [0.2, 0.25) is 0 Å². The first-order chi connectivity index (χ1) is 10.1. The van der Waals surface area contributed by atoms with E-state index in [2.05, 4.69) is 5.32 Å². The van der Waals surface area contributed by atoms with Crippen molar-refractivity contribution < 1.29 is 14.6 Å². The Balaban J connectivity index is 2.12. The molecular weight excluding hydrogens is 280 g/mol. The number of benzene rings is 1. The van der Waals surface area contributed by atoms with Crippen LogP contribution in [-0.4, -0.2) is 29.4 Å². The van der Waals surface area contributed by atoms with E-state index in [0.717, 1.165) is 16.8 Å². The minimum atomic E-state index is -0.524. The molecule has 0 aliphatic heterocycles. The Morgan fingerprint density at radius 3 is 2.55 bits per heavy atom. The van der Waals surface area contributed by atoms with Crippen LogP contribution in [0.1, 0.15) is 44.7 Å². The normalized spacial score (nSPS) is 24.5. The summed E-state index contributed by atoms with van der Waals surface area (Å²) in [5, 5.41) is 12.4. The van der Waals surface area contributed by atoms with Crippen molar-refractivity contribution in [1.29, 1.82) is 0 Å². The van der Waals surface area contributed by atoms with Gasteiger partial charge in [0.15, 0.2) is 0 Å². The number of aliphatic hydroxyl groups excluding tert-OH is 1. The Bertz CT molecular complexity index is 558. The van der Waals surface area contributed by atoms with Gasteiger partial charge in [-0.2, -0.15) is 0 Å². The number of aliphatic hydroxyl groups is 1. The Hall–Kier alpha value is -1.59. The summed E-state index contributed by atoms with van der Waals surface area (Å²) < 4.78 is 5.26. The van der Waals surface area contributed by atoms with Crippen LogP contribution in [0.3, 0.4) is 0 Å². The topological polar surface area (TPSA) is 84.6 Å². The predicted molar refractivity (Wildman–Crippen MR) is 87.0 cm³/mol. The van der Waals surface area contributed by atoms with E-state index in [9.17, 15) is 9.90 Å². The Labute approximate surface area is 131 Å². The van der Waals surface area contributed by atoms with Gasteiger partial charge in [-0.15, -0.1) is 0 Å². The molecule has 0 heterocycles. The lowest BCUT2D eigenvalue weighted by Gasteiger charge is -2.45. The van der Waals surface area contributed by atoms with Crippen LogP contribution in [0.5, 0.6) is 0 Å². The lowest BCUT2D eigenvalue weighted by atomic mass is 9.62. The second-order valence-electron chi connectivity index (χ2n) is 7.20. The summed E-state index contributed by atoms with van der Waals surface area (Å²) in [6.45, 7) is 7.94. The van der Waals surface area contributed by atoms with E-state index in [-0.39, 0.29) is 11.5 Å². The summed E-state index contributed by atoms with van der Waals surface area (Å²) in [5.41, 5.74) is 8.05. The zero-order valence-electron chi connectivity index (χ0n) is 13.8. The summed E-state index contributed by atoms with van der Waals surface area (Å²) in [6.07, 6.45) is 0.670. The SMILES string of the molecule is Cc1cc(C2(CN)CC(O)C2)ccc1NC(=O)OC(C)(C)C. The van der Waals surface area contributed by atoms with Gasteiger partial charge in [0.05, 0.1) is 6.10 Å². The van der Waals surface area contributed by atoms with Crippen molar-refractivity contribution in [2.24, 2.45) is 5.73 Å². The fourth-order valence-corrected chi connectivity index (χ4v) is 2.91. The molecule has 1 aliphatic rings. The van der Waals surface area contributed by atoms with Crippen LogP contribution in [0.4, 0.5) is 10.5 Å². The molecular formula is C17H26N2O3. The largest absolute Gasteiger partial charge is 0.444 e. The number of rotatable bonds is 3. The van der Waals surface area contributed by atoms with Crippen molar-refractivity contribution in [3.63, 3.8) is 0 Å². The quantitative estimate of drug-likeness (QED) is 0.801. The number of ether oxygens (including phenoxy) is 1. The maximum Gasteiger partial charge on any atom is 0.412 e. The maximum atomic E-state index is 11.8. The highest BCUT2D eigenvalue weighted by Crippen LogP contribution is 2.43. The van der Waals surface area contributed by atoms with Gasteiger partial charge >= 0.3 is 6.09 Å². The fraction of sp³-hybridized carbons (Fsp3) is 0.588. The van der Waals surface area contributed by atoms with Crippen LogP contribution in [0.15, 0.2) is 18.2 Å². The number of hydrogen-bond donors (Lipinski definition) is 3. The average molecular weight is 306 g/mol. The molecule has 1 aromatic carbocycles. The highest BCUT2D eigenvalue weighted by atomic mass is 16.6. The van der Waals surface area contributed by atoms with E-state index in [1.54, 1.807) is 0 Å². The van der Waals surface area contributed by atoms with Crippen molar-refractivity contribution in [3.05, 3.63) is 29.3 Å². The molecule has 4 N–H and O–H groups in total. The maximum absolute atomic E-state index is 11.8. The molecule has 1 aliphatic carbocycles. The standard InChI is InChI=1S/C17H26N2O3/c1-11-7-12(17(10-18)8-13(20)9-17)5-6-14(11)19-15(21)22-16(2,3)4/h5-7,13,20H,8-10,18H2,1-4H3,(H,19,21). The average Bonchev–Trinajstić information content (AvgIpc) is 2.35. The molecule has 1 aromatic rings. The van der Waals surface area contributed by atoms with Gasteiger partial charge in [-0.3, -0.25) is 5.32 Å². The molecule has 1 amide bonds. The van der Waals surface area contributed by atoms with Crippen molar-refractivity contribution in [2.45, 2.75) is 57.7 Å². The highest BCUT2D eigenvalue weighted by Gasteiger charge is 2.43. The second kappa shape index (κ2) is 5.89. The van der Waals surface area contributed by atoms with Gasteiger partial charge in [-0.05, 0) is 57.7 Å². The van der Waals surface area contributed by atoms with Crippen LogP contribution < -0.4 is 11.1 Å². The summed E-state index contributed by atoms with van der Waals surface area (Å²) in [6, 6.07) is 5.88. The monoisotopic (exact) mass is 306 g/mol. The third kappa shape index (κ3) is 3.59. The molecule has 5 nitrogen and oxygen atoms in total. The van der Waals surface area contributed by atoms with Gasteiger partial charge in [0.1, 0.15) is 5.60 Å². The van der Waals surface area contributed by atoms with E-state index >= 15 is 0 Å². The van der Waals surface area contributed by atoms with Crippen molar-refractivity contribution in [3.8, 4) is 0 Å². The van der Waals surface area contributed by atoms with Gasteiger partial charge in [0.25, 0.3) is 0 Å². The zero-order chi connectivity index (χ0) is 16.5. The summed E-state index contributed by atoms with van der Waals surface area (Å²) in [4.78, 5) is 11.8. The molecule has 1 fully saturated rings. The minimum Gasteiger partial charge on any atom is -0.444 e. The first kappa shape index (κ1) is 16.8. The number of aryl methyl sites for hydroxylation is 1. The number of nitrogens with one attached hydrogen (secondary N) is 1. The van der Waals surface area contributed by atoms with Gasteiger partial charge < -0.3 is 15.6 Å². The number of amides is 1. The van der Waals surface area contributed by atoms with Crippen LogP contribution in [0.25, 0.3) is 0 Å². The third-order valence-corrected chi connectivity index (χ3v) is 4.12. The zero-order valence-corrected chi connectivity index (χ0v) is 13.8. The number of anilines is 1. The second-order valence-corrected chi connectivity index (χ2v) is 7.20. The molecule has 22 heavy (non-hydrogen) atoms. The van der Waals surface area contributed by atoms with Gasteiger partial charge in [-0.1, -0.05) is 12.1 Å². The molecule has 0 atom stereocenters. The molecule has 1 saturated carbocycles. The molecule has 0 spiro atoms. The smallest absolute Gasteiger partial charge is 0.412 e. The lowest BCUT2D eigenvalue weighted by Crippen LogP contribution is -2.49. The number of carbonyl (C=O) groups is 1. The first-order valence-corrected chi connectivity index (χ1v) is 7.64. The van der Waals surface area contributed by atoms with Gasteiger partial charge in [-0.25, -0.2) is 4.79 Å². The first-order valence-electron chi connectivity index (χ1n) is 7.64. The molecule has 5 heteroatoms. The Kier molecular flexibility index (Phi) is 4.49. The Morgan fingerprint density at radius 2 is 2.09 bits per heavy atom. The molecule has 2 rings (SSSR count). The fourth-order valence-electron chi connectivity index (χ4n) is 2.91. The van der Waals surface area contributed by atoms with Crippen molar-refractivity contribution in [2.75, 3.05) is 11.9 Å². The van der Waals surface area contributed by atoms with Crippen molar-refractivity contribution in [1.82, 2.24) is 0 Å². The molecule has 0 bridgehead atoms. The number of hydrogen-bond acceptors (Lipinski definition) is 4. The van der Waals surface area contributed by atoms with Crippen LogP contribution >= 0.6 is 0 Å². The number of nitrogens with two attached hydrogens (primary N) is 1. The van der Waals surface area contributed by atoms with Crippen molar-refractivity contribution >= 4 is 11.8 Å². The summed E-state index contributed by atoms with van der Waals surface area (Å²) >= 11 is 0. The molecule has 122 valence electrons. The highest BCUT2D eigenvalue weighted by molar-refractivity contribution is 5.86. The Morgan fingerprint density at radius 1 is 1.45 bits per heavy atom. The van der Waals surface area contributed by atoms with Crippen LogP contribution in [-0.2, 0) is 10.2 Å². The van der Waals surface area contributed by atoms with E-state index in [0.29, 0.717) is 19.4 Å². The van der Waals surface area contributed by atoms with E-state index < -0.39 is 11.7 Å². The summed E-state index contributed by atoms with van der Waals surface area (Å²) in [7, 11) is 0. The summed E-state index contributed by atoms with van der Waals surface area (Å²) in [5.74, 6) is 0. The molecule has 0 aromatic heterocycles. The van der Waals surface area contributed by atoms with E-state index in [4.69, 9.17) is 10.5 Å². The molecule has 0 unspecified atom stereocenters. The third-order valence-electron chi connectivity index (χ3n) is 4.12. The van der Waals surface area contributed by atoms with E-state index in [1.165, 1.54) is 0 Å².